The van der Waals surface area contributed by atoms with Gasteiger partial charge < -0.3 is 42.6 Å². The van der Waals surface area contributed by atoms with Gasteiger partial charge in [-0.15, -0.1) is 0 Å². The maximum Gasteiger partial charge on any atom is 0.258 e. The van der Waals surface area contributed by atoms with Crippen molar-refractivity contribution in [2.45, 2.75) is 222 Å². The molecule has 8 heterocycles. The van der Waals surface area contributed by atoms with Crippen LogP contribution in [-0.2, 0) is 32.7 Å². The number of aryl methyl sites for hydroxylation is 2. The van der Waals surface area contributed by atoms with Crippen molar-refractivity contribution in [2.75, 3.05) is 33.3 Å². The molecular weight excluding hydrogens is 1720 g/mol. The number of rotatable bonds is 29. The van der Waals surface area contributed by atoms with E-state index < -0.39 is 0 Å². The summed E-state index contributed by atoms with van der Waals surface area (Å²) in [6.45, 7) is 22.3. The van der Waals surface area contributed by atoms with Crippen molar-refractivity contribution in [1.82, 2.24) is 77.7 Å². The van der Waals surface area contributed by atoms with Gasteiger partial charge in [0.05, 0.1) is 43.3 Å². The highest BCUT2D eigenvalue weighted by atomic mass is 79.9. The van der Waals surface area contributed by atoms with Crippen molar-refractivity contribution in [3.63, 3.8) is 0 Å². The van der Waals surface area contributed by atoms with Gasteiger partial charge in [0.2, 0.25) is 0 Å². The number of hydrogen-bond acceptors (Lipinski definition) is 13. The zero-order chi connectivity index (χ0) is 84.2. The van der Waals surface area contributed by atoms with Crippen LogP contribution in [-0.4, -0.2) is 135 Å². The highest BCUT2D eigenvalue weighted by molar-refractivity contribution is 9.11. The normalized spacial score (nSPS) is 13.7. The maximum atomic E-state index is 13.7. The smallest absolute Gasteiger partial charge is 0.258 e. The number of pyridine rings is 4. The summed E-state index contributed by atoms with van der Waals surface area (Å²) in [5.74, 6) is 4.44. The van der Waals surface area contributed by atoms with E-state index >= 15 is 0 Å². The standard InChI is InChI=1S/C25H31BrN4O.C23H26BrFN4O.C23H27BrN4O.C22H27ClN4O2/c1-17(2)12-14-29(25(31)19-11-10-18(3)21(26)15-19)16-23-28-22-9-6-13-27-24(22)30(23)20-7-4-5-8-20;1-2-3-13-28(23(30)16-10-11-19(25)18(24)14-16)15-21-27-20-9-6-12-26-22(20)29(21)17-7-4-5-8-17;1-2-3-15-27(23(29)17-10-12-18(24)13-11-17)16-21-26-20-9-6-14-25-22(20)28(21)19-7-4-5-8-19;1-5-11-27-20(25-18-7-6-10-24-21(18)27)14-26(13-15(2)3)22(28)17-12-16(23)8-9-19(17)29-4/h6,9-11,13,15,17,20H,4-5,7-8,12,14,16H2,1-3H3;6,9-12,14,17H,2-5,7-8,13,15H2,1H3;6,9-14,19H,2-5,7-8,15-16H2,1H3;6-10,12,15H,5,11,13-14H2,1-4H3. The number of halogens is 5. The Morgan fingerprint density at radius 1 is 0.479 bits per heavy atom. The molecule has 3 aliphatic carbocycles. The molecule has 119 heavy (non-hydrogen) atoms. The van der Waals surface area contributed by atoms with Crippen LogP contribution >= 0.6 is 59.4 Å². The van der Waals surface area contributed by atoms with Crippen molar-refractivity contribution in [3.05, 3.63) is 228 Å². The van der Waals surface area contributed by atoms with E-state index in [-0.39, 0.29) is 29.4 Å². The molecule has 15 rings (SSSR count). The van der Waals surface area contributed by atoms with Crippen LogP contribution in [0.25, 0.3) is 44.7 Å². The summed E-state index contributed by atoms with van der Waals surface area (Å²) in [4.78, 5) is 98.9. The minimum atomic E-state index is -0.374. The zero-order valence-corrected chi connectivity index (χ0v) is 75.5. The number of unbranched alkanes of at least 4 members (excludes halogenated alkanes) is 2. The SMILES string of the molecule is CCCCN(Cc1nc2cccnc2n1C1CCCC1)C(=O)c1ccc(Br)cc1.CCCCN(Cc1nc2cccnc2n1C1CCCC1)C(=O)c1ccc(F)c(Br)c1.CCCn1c(CN(CC(C)C)C(=O)c2cc(Cl)ccc2OC)nc2cccnc21.Cc1ccc(C(=O)N(CCC(C)C)Cc2nc3cccnc3n2C2CCCC2)cc1Br. The van der Waals surface area contributed by atoms with Crippen molar-refractivity contribution in [2.24, 2.45) is 11.8 Å². The highest BCUT2D eigenvalue weighted by Gasteiger charge is 2.32. The Kier molecular flexibility index (Phi) is 32.0. The Labute approximate surface area is 728 Å². The minimum absolute atomic E-state index is 0.0549. The molecule has 26 heteroatoms. The molecule has 0 spiro atoms. The summed E-state index contributed by atoms with van der Waals surface area (Å²) in [6, 6.07) is 39.8. The minimum Gasteiger partial charge on any atom is -0.496 e. The molecule has 21 nitrogen and oxygen atoms in total. The maximum absolute atomic E-state index is 13.7. The van der Waals surface area contributed by atoms with Gasteiger partial charge in [0.1, 0.15) is 56.9 Å². The van der Waals surface area contributed by atoms with E-state index in [1.165, 1.54) is 44.6 Å². The fourth-order valence-electron chi connectivity index (χ4n) is 16.2. The van der Waals surface area contributed by atoms with Gasteiger partial charge in [-0.1, -0.05) is 149 Å². The number of benzene rings is 4. The van der Waals surface area contributed by atoms with Crippen LogP contribution < -0.4 is 4.74 Å². The molecule has 0 bridgehead atoms. The summed E-state index contributed by atoms with van der Waals surface area (Å²) in [5, 5.41) is 0.501. The third-order valence-corrected chi connectivity index (χ3v) is 24.6. The number of carbonyl (C=O) groups is 4. The first-order valence-electron chi connectivity index (χ1n) is 42.4. The molecule has 0 saturated heterocycles. The predicted octanol–water partition coefficient (Wildman–Crippen LogP) is 22.7. The fourth-order valence-corrected chi connectivity index (χ4v) is 17.4. The Morgan fingerprint density at radius 2 is 0.891 bits per heavy atom. The lowest BCUT2D eigenvalue weighted by molar-refractivity contribution is 0.0709. The van der Waals surface area contributed by atoms with Crippen LogP contribution in [0.2, 0.25) is 5.02 Å². The van der Waals surface area contributed by atoms with Crippen LogP contribution in [0.1, 0.15) is 252 Å². The van der Waals surface area contributed by atoms with E-state index in [1.54, 1.807) is 49.8 Å². The number of hydrogen-bond donors (Lipinski definition) is 0. The highest BCUT2D eigenvalue weighted by Crippen LogP contribution is 2.38. The monoisotopic (exact) mass is 1820 g/mol. The molecule has 0 radical (unpaired) electrons. The average Bonchev–Trinajstić information content (AvgIpc) is 1.65. The zero-order valence-electron chi connectivity index (χ0n) is 70.0. The van der Waals surface area contributed by atoms with E-state index in [2.05, 4.69) is 134 Å². The molecule has 12 aromatic rings. The summed E-state index contributed by atoms with van der Waals surface area (Å²) in [7, 11) is 1.55. The third-order valence-electron chi connectivity index (χ3n) is 22.3. The van der Waals surface area contributed by atoms with Crippen LogP contribution in [0.4, 0.5) is 4.39 Å². The number of nitrogens with zero attached hydrogens (tertiary/aromatic N) is 16. The lowest BCUT2D eigenvalue weighted by Crippen LogP contribution is -2.35. The molecule has 3 saturated carbocycles. The molecule has 0 atom stereocenters. The van der Waals surface area contributed by atoms with Gasteiger partial charge in [-0.25, -0.2) is 44.3 Å². The molecule has 3 fully saturated rings. The number of aromatic nitrogens is 12. The summed E-state index contributed by atoms with van der Waals surface area (Å²) < 4.78 is 30.3. The fraction of sp³-hybridized carbons (Fsp3) is 0.441. The molecule has 4 aromatic carbocycles. The van der Waals surface area contributed by atoms with E-state index in [4.69, 9.17) is 36.3 Å². The third kappa shape index (κ3) is 22.5. The number of ether oxygens (including phenoxy) is 1. The van der Waals surface area contributed by atoms with Gasteiger partial charge >= 0.3 is 0 Å². The molecule has 0 unspecified atom stereocenters. The Hall–Kier alpha value is -9.30. The lowest BCUT2D eigenvalue weighted by atomic mass is 10.1. The number of amides is 4. The van der Waals surface area contributed by atoms with Gasteiger partial charge in [0.15, 0.2) is 22.6 Å². The first-order chi connectivity index (χ1) is 57.6. The molecule has 3 aliphatic rings. The van der Waals surface area contributed by atoms with Crippen molar-refractivity contribution in [1.29, 1.82) is 0 Å². The average molecular weight is 1830 g/mol. The number of carbonyl (C=O) groups excluding carboxylic acids is 4. The molecule has 8 aromatic heterocycles. The second-order valence-electron chi connectivity index (χ2n) is 32.2. The number of methoxy groups -OCH3 is 1. The Bertz CT molecular complexity index is 5420. The van der Waals surface area contributed by atoms with E-state index in [1.807, 2.05) is 130 Å². The van der Waals surface area contributed by atoms with Gasteiger partial charge in [0.25, 0.3) is 23.6 Å². The van der Waals surface area contributed by atoms with Crippen molar-refractivity contribution >= 4 is 128 Å². The van der Waals surface area contributed by atoms with Gasteiger partial charge in [-0.3, -0.25) is 19.2 Å². The Morgan fingerprint density at radius 3 is 1.32 bits per heavy atom. The second-order valence-corrected chi connectivity index (χ2v) is 35.2. The quantitative estimate of drug-likeness (QED) is 0.0427. The van der Waals surface area contributed by atoms with Crippen molar-refractivity contribution in [3.8, 4) is 5.75 Å². The molecule has 0 aliphatic heterocycles. The first kappa shape index (κ1) is 89.0. The first-order valence-corrected chi connectivity index (χ1v) is 45.1. The molecule has 0 N–H and O–H groups in total. The van der Waals surface area contributed by atoms with Gasteiger partial charge in [-0.2, -0.15) is 0 Å². The number of imidazole rings is 4. The van der Waals surface area contributed by atoms with E-state index in [0.717, 1.165) is 173 Å². The lowest BCUT2D eigenvalue weighted by Gasteiger charge is -2.25. The Balaban J connectivity index is 0.000000146. The summed E-state index contributed by atoms with van der Waals surface area (Å²) >= 11 is 16.4. The molecular formula is C93H111Br3ClFN16O5. The second kappa shape index (κ2) is 42.8. The number of fused-ring (bicyclic) bond motifs is 4. The van der Waals surface area contributed by atoms with Crippen LogP contribution in [0.3, 0.4) is 0 Å². The van der Waals surface area contributed by atoms with Crippen LogP contribution in [0.5, 0.6) is 5.75 Å². The van der Waals surface area contributed by atoms with Crippen LogP contribution in [0, 0.1) is 24.6 Å². The summed E-state index contributed by atoms with van der Waals surface area (Å²) in [5.41, 5.74) is 10.7. The molecule has 4 amide bonds. The largest absolute Gasteiger partial charge is 0.496 e. The van der Waals surface area contributed by atoms with Crippen LogP contribution in [0.15, 0.2) is 166 Å². The van der Waals surface area contributed by atoms with Crippen molar-refractivity contribution < 1.29 is 28.3 Å². The summed E-state index contributed by atoms with van der Waals surface area (Å²) in [6.07, 6.45) is 27.3. The molecule has 628 valence electrons. The van der Waals surface area contributed by atoms with Gasteiger partial charge in [0, 0.05) is 106 Å². The van der Waals surface area contributed by atoms with E-state index in [0.29, 0.717) is 113 Å². The van der Waals surface area contributed by atoms with E-state index in [9.17, 15) is 23.6 Å². The topological polar surface area (TPSA) is 213 Å². The predicted molar refractivity (Wildman–Crippen MR) is 481 cm³/mol. The van der Waals surface area contributed by atoms with Gasteiger partial charge in [-0.05, 0) is 226 Å².